The number of ether oxygens (including phenoxy) is 1. The first kappa shape index (κ1) is 20.9. The lowest BCUT2D eigenvalue weighted by Crippen LogP contribution is -2.14. The SMILES string of the molecule is C=CCn1c(SCC(=O)Nc2ccc(OC)c(Cl)c2)nnc1-c1cnn(CC)c1. The average molecular weight is 433 g/mol. The van der Waals surface area contributed by atoms with E-state index in [2.05, 4.69) is 27.2 Å². The second-order valence-electron chi connectivity index (χ2n) is 5.98. The summed E-state index contributed by atoms with van der Waals surface area (Å²) in [7, 11) is 1.54. The highest BCUT2D eigenvalue weighted by molar-refractivity contribution is 7.99. The molecule has 0 bridgehead atoms. The molecule has 152 valence electrons. The summed E-state index contributed by atoms with van der Waals surface area (Å²) >= 11 is 7.39. The quantitative estimate of drug-likeness (QED) is 0.409. The van der Waals surface area contributed by atoms with E-state index in [-0.39, 0.29) is 11.7 Å². The molecule has 1 aromatic carbocycles. The number of anilines is 1. The zero-order valence-electron chi connectivity index (χ0n) is 16.1. The van der Waals surface area contributed by atoms with Crippen LogP contribution in [0.5, 0.6) is 5.75 Å². The van der Waals surface area contributed by atoms with Crippen LogP contribution >= 0.6 is 23.4 Å². The fourth-order valence-electron chi connectivity index (χ4n) is 2.63. The number of thioether (sulfide) groups is 1. The molecule has 2 aromatic heterocycles. The van der Waals surface area contributed by atoms with Gasteiger partial charge < -0.3 is 10.1 Å². The van der Waals surface area contributed by atoms with Crippen molar-refractivity contribution in [1.29, 1.82) is 0 Å². The Bertz CT molecular complexity index is 1020. The van der Waals surface area contributed by atoms with Gasteiger partial charge in [0.2, 0.25) is 5.91 Å². The molecule has 0 saturated carbocycles. The first-order valence-corrected chi connectivity index (χ1v) is 10.2. The van der Waals surface area contributed by atoms with E-state index in [1.54, 1.807) is 30.5 Å². The number of benzene rings is 1. The molecule has 0 saturated heterocycles. The van der Waals surface area contributed by atoms with Gasteiger partial charge in [0.1, 0.15) is 5.75 Å². The number of nitrogens with one attached hydrogen (secondary N) is 1. The van der Waals surface area contributed by atoms with Crippen molar-refractivity contribution in [3.63, 3.8) is 0 Å². The Hall–Kier alpha value is -2.78. The molecule has 0 aliphatic carbocycles. The molecule has 0 aliphatic rings. The predicted molar refractivity (Wildman–Crippen MR) is 114 cm³/mol. The third-order valence-corrected chi connectivity index (χ3v) is 5.27. The van der Waals surface area contributed by atoms with E-state index in [1.807, 2.05) is 22.4 Å². The Morgan fingerprint density at radius 1 is 1.41 bits per heavy atom. The number of halogens is 1. The van der Waals surface area contributed by atoms with E-state index >= 15 is 0 Å². The van der Waals surface area contributed by atoms with E-state index in [1.165, 1.54) is 18.9 Å². The van der Waals surface area contributed by atoms with Crippen molar-refractivity contribution >= 4 is 35.0 Å². The first-order valence-electron chi connectivity index (χ1n) is 8.88. The van der Waals surface area contributed by atoms with Gasteiger partial charge in [0.25, 0.3) is 0 Å². The van der Waals surface area contributed by atoms with E-state index in [4.69, 9.17) is 16.3 Å². The third-order valence-electron chi connectivity index (χ3n) is 4.01. The highest BCUT2D eigenvalue weighted by atomic mass is 35.5. The number of allylic oxidation sites excluding steroid dienone is 1. The maximum atomic E-state index is 12.3. The summed E-state index contributed by atoms with van der Waals surface area (Å²) in [5, 5.41) is 16.7. The summed E-state index contributed by atoms with van der Waals surface area (Å²) in [6.07, 6.45) is 5.43. The summed E-state index contributed by atoms with van der Waals surface area (Å²) in [6, 6.07) is 5.08. The number of hydrogen-bond donors (Lipinski definition) is 1. The molecule has 0 atom stereocenters. The lowest BCUT2D eigenvalue weighted by Gasteiger charge is -2.09. The van der Waals surface area contributed by atoms with E-state index in [0.29, 0.717) is 34.0 Å². The van der Waals surface area contributed by atoms with Crippen LogP contribution in [0.2, 0.25) is 5.02 Å². The molecule has 0 fully saturated rings. The average Bonchev–Trinajstić information content (AvgIpc) is 3.33. The predicted octanol–water partition coefficient (Wildman–Crippen LogP) is 3.74. The van der Waals surface area contributed by atoms with Crippen molar-refractivity contribution < 1.29 is 9.53 Å². The van der Waals surface area contributed by atoms with Crippen LogP contribution in [0.15, 0.2) is 48.4 Å². The van der Waals surface area contributed by atoms with Gasteiger partial charge in [-0.2, -0.15) is 5.10 Å². The maximum Gasteiger partial charge on any atom is 0.234 e. The van der Waals surface area contributed by atoms with Gasteiger partial charge in [-0.15, -0.1) is 16.8 Å². The number of nitrogens with zero attached hydrogens (tertiary/aromatic N) is 5. The van der Waals surface area contributed by atoms with Crippen molar-refractivity contribution in [2.75, 3.05) is 18.2 Å². The molecule has 3 aromatic rings. The molecule has 0 unspecified atom stereocenters. The number of aryl methyl sites for hydroxylation is 1. The fourth-order valence-corrected chi connectivity index (χ4v) is 3.63. The summed E-state index contributed by atoms with van der Waals surface area (Å²) in [6.45, 7) is 7.11. The van der Waals surface area contributed by atoms with Crippen LogP contribution in [0.4, 0.5) is 5.69 Å². The Kier molecular flexibility index (Phi) is 6.95. The lowest BCUT2D eigenvalue weighted by molar-refractivity contribution is -0.113. The van der Waals surface area contributed by atoms with Crippen LogP contribution < -0.4 is 10.1 Å². The number of carbonyl (C=O) groups excluding carboxylic acids is 1. The van der Waals surface area contributed by atoms with Crippen molar-refractivity contribution in [3.05, 3.63) is 48.3 Å². The second-order valence-corrected chi connectivity index (χ2v) is 7.33. The Morgan fingerprint density at radius 2 is 2.24 bits per heavy atom. The van der Waals surface area contributed by atoms with E-state index in [0.717, 1.165) is 12.1 Å². The van der Waals surface area contributed by atoms with Gasteiger partial charge in [-0.1, -0.05) is 29.4 Å². The fraction of sp³-hybridized carbons (Fsp3) is 0.263. The van der Waals surface area contributed by atoms with E-state index < -0.39 is 0 Å². The van der Waals surface area contributed by atoms with Crippen LogP contribution in [0.25, 0.3) is 11.4 Å². The van der Waals surface area contributed by atoms with Crippen molar-refractivity contribution in [3.8, 4) is 17.1 Å². The monoisotopic (exact) mass is 432 g/mol. The highest BCUT2D eigenvalue weighted by Crippen LogP contribution is 2.28. The largest absolute Gasteiger partial charge is 0.495 e. The topological polar surface area (TPSA) is 86.9 Å². The van der Waals surface area contributed by atoms with Gasteiger partial charge in [0, 0.05) is 25.0 Å². The Balaban J connectivity index is 1.69. The normalized spacial score (nSPS) is 10.7. The number of aromatic nitrogens is 5. The molecule has 0 aliphatic heterocycles. The Labute approximate surface area is 177 Å². The number of amides is 1. The molecule has 8 nitrogen and oxygen atoms in total. The van der Waals surface area contributed by atoms with Gasteiger partial charge in [0.15, 0.2) is 11.0 Å². The number of methoxy groups -OCH3 is 1. The molecule has 0 spiro atoms. The van der Waals surface area contributed by atoms with Crippen LogP contribution in [0, 0.1) is 0 Å². The summed E-state index contributed by atoms with van der Waals surface area (Å²) in [4.78, 5) is 12.3. The summed E-state index contributed by atoms with van der Waals surface area (Å²) in [5.74, 6) is 1.24. The Morgan fingerprint density at radius 3 is 2.90 bits per heavy atom. The van der Waals surface area contributed by atoms with Gasteiger partial charge in [0.05, 0.1) is 29.6 Å². The van der Waals surface area contributed by atoms with Crippen LogP contribution in [-0.2, 0) is 17.9 Å². The van der Waals surface area contributed by atoms with Crippen LogP contribution in [0.1, 0.15) is 6.92 Å². The van der Waals surface area contributed by atoms with Crippen molar-refractivity contribution in [1.82, 2.24) is 24.5 Å². The number of hydrogen-bond acceptors (Lipinski definition) is 6. The highest BCUT2D eigenvalue weighted by Gasteiger charge is 2.16. The van der Waals surface area contributed by atoms with E-state index in [9.17, 15) is 4.79 Å². The van der Waals surface area contributed by atoms with Gasteiger partial charge in [-0.05, 0) is 25.1 Å². The van der Waals surface area contributed by atoms with Crippen molar-refractivity contribution in [2.24, 2.45) is 0 Å². The minimum Gasteiger partial charge on any atom is -0.495 e. The lowest BCUT2D eigenvalue weighted by atomic mass is 10.3. The molecule has 1 amide bonds. The zero-order chi connectivity index (χ0) is 20.8. The molecular formula is C19H21ClN6O2S. The van der Waals surface area contributed by atoms with Crippen LogP contribution in [0.3, 0.4) is 0 Å². The minimum atomic E-state index is -0.176. The van der Waals surface area contributed by atoms with Crippen molar-refractivity contribution in [2.45, 2.75) is 25.2 Å². The molecule has 0 radical (unpaired) electrons. The summed E-state index contributed by atoms with van der Waals surface area (Å²) in [5.41, 5.74) is 1.46. The molecule has 1 N–H and O–H groups in total. The molecule has 3 rings (SSSR count). The minimum absolute atomic E-state index is 0.174. The second kappa shape index (κ2) is 9.62. The van der Waals surface area contributed by atoms with Crippen LogP contribution in [-0.4, -0.2) is 43.3 Å². The van der Waals surface area contributed by atoms with Gasteiger partial charge in [-0.25, -0.2) is 0 Å². The molecule has 10 heteroatoms. The number of rotatable bonds is 9. The summed E-state index contributed by atoms with van der Waals surface area (Å²) < 4.78 is 8.84. The zero-order valence-corrected chi connectivity index (χ0v) is 17.7. The molecule has 29 heavy (non-hydrogen) atoms. The van der Waals surface area contributed by atoms with Gasteiger partial charge in [-0.3, -0.25) is 14.0 Å². The number of carbonyl (C=O) groups is 1. The smallest absolute Gasteiger partial charge is 0.234 e. The standard InChI is InChI=1S/C19H21ClN6O2S/c1-4-8-26-18(13-10-21-25(5-2)11-13)23-24-19(26)29-12-17(27)22-14-6-7-16(28-3)15(20)9-14/h4,6-7,9-11H,1,5,8,12H2,2-3H3,(H,22,27). The third kappa shape index (κ3) is 4.99. The first-order chi connectivity index (χ1) is 14.0. The molecular weight excluding hydrogens is 412 g/mol. The molecule has 2 heterocycles. The van der Waals surface area contributed by atoms with Gasteiger partial charge >= 0.3 is 0 Å². The maximum absolute atomic E-state index is 12.3.